The Hall–Kier alpha value is -0.410. The minimum Gasteiger partial charge on any atom is -0.324 e. The van der Waals surface area contributed by atoms with Gasteiger partial charge in [0, 0.05) is 12.2 Å². The van der Waals surface area contributed by atoms with Crippen LogP contribution in [0, 0.1) is 0 Å². The van der Waals surface area contributed by atoms with E-state index in [1.165, 1.54) is 19.3 Å². The van der Waals surface area contributed by atoms with Gasteiger partial charge in [-0.05, 0) is 34.0 Å². The van der Waals surface area contributed by atoms with Crippen LogP contribution in [-0.4, -0.2) is 4.98 Å². The van der Waals surface area contributed by atoms with Crippen molar-refractivity contribution in [1.82, 2.24) is 4.98 Å². The number of nitrogens with two attached hydrogens (primary N) is 1. The van der Waals surface area contributed by atoms with E-state index in [2.05, 4.69) is 27.8 Å². The summed E-state index contributed by atoms with van der Waals surface area (Å²) in [4.78, 5) is 4.17. The van der Waals surface area contributed by atoms with Crippen LogP contribution in [0.4, 0.5) is 0 Å². The van der Waals surface area contributed by atoms with Crippen LogP contribution in [0.2, 0.25) is 0 Å². The summed E-state index contributed by atoms with van der Waals surface area (Å²) in [6.07, 6.45) is 6.61. The molecule has 0 fully saturated rings. The summed E-state index contributed by atoms with van der Waals surface area (Å²) in [6.45, 7) is 2.20. The molecule has 1 atom stereocenters. The molecule has 0 aliphatic rings. The Balaban J connectivity index is 2.43. The van der Waals surface area contributed by atoms with Gasteiger partial charge in [0.25, 0.3) is 0 Å². The van der Waals surface area contributed by atoms with E-state index in [1.54, 1.807) is 0 Å². The van der Waals surface area contributed by atoms with Gasteiger partial charge in [0.05, 0.1) is 0 Å². The first-order chi connectivity index (χ1) is 6.74. The van der Waals surface area contributed by atoms with E-state index in [9.17, 15) is 0 Å². The van der Waals surface area contributed by atoms with Crippen LogP contribution in [0.5, 0.6) is 0 Å². The molecule has 1 rings (SSSR count). The lowest BCUT2D eigenvalue weighted by molar-refractivity contribution is 0.580. The van der Waals surface area contributed by atoms with Crippen LogP contribution >= 0.6 is 15.9 Å². The van der Waals surface area contributed by atoms with Crippen molar-refractivity contribution in [3.63, 3.8) is 0 Å². The zero-order valence-corrected chi connectivity index (χ0v) is 10.1. The summed E-state index contributed by atoms with van der Waals surface area (Å²) in [6, 6.07) is 4.12. The highest BCUT2D eigenvalue weighted by Gasteiger charge is 2.05. The monoisotopic (exact) mass is 256 g/mol. The standard InChI is InChI=1S/C11H17BrN2/c1-2-3-4-5-10(13)9-6-7-11(12)14-8-9/h6-8,10H,2-5,13H2,1H3/t10-/m0/s1. The molecule has 0 saturated carbocycles. The van der Waals surface area contributed by atoms with Crippen molar-refractivity contribution in [2.75, 3.05) is 0 Å². The molecule has 0 aliphatic carbocycles. The van der Waals surface area contributed by atoms with E-state index in [-0.39, 0.29) is 6.04 Å². The van der Waals surface area contributed by atoms with Crippen molar-refractivity contribution in [2.45, 2.75) is 38.6 Å². The van der Waals surface area contributed by atoms with E-state index in [0.717, 1.165) is 16.6 Å². The molecular weight excluding hydrogens is 240 g/mol. The third kappa shape index (κ3) is 3.76. The van der Waals surface area contributed by atoms with Crippen molar-refractivity contribution in [2.24, 2.45) is 5.73 Å². The van der Waals surface area contributed by atoms with Gasteiger partial charge in [-0.15, -0.1) is 0 Å². The van der Waals surface area contributed by atoms with Gasteiger partial charge in [0.2, 0.25) is 0 Å². The van der Waals surface area contributed by atoms with Gasteiger partial charge < -0.3 is 5.73 Å². The van der Waals surface area contributed by atoms with Gasteiger partial charge in [-0.25, -0.2) is 4.98 Å². The fraction of sp³-hybridized carbons (Fsp3) is 0.545. The maximum Gasteiger partial charge on any atom is 0.106 e. The van der Waals surface area contributed by atoms with Gasteiger partial charge >= 0.3 is 0 Å². The maximum absolute atomic E-state index is 6.03. The number of aromatic nitrogens is 1. The topological polar surface area (TPSA) is 38.9 Å². The molecule has 0 spiro atoms. The van der Waals surface area contributed by atoms with Gasteiger partial charge in [-0.2, -0.15) is 0 Å². The largest absolute Gasteiger partial charge is 0.324 e. The fourth-order valence-electron chi connectivity index (χ4n) is 1.39. The van der Waals surface area contributed by atoms with Gasteiger partial charge in [-0.1, -0.05) is 32.3 Å². The molecule has 1 aromatic heterocycles. The summed E-state index contributed by atoms with van der Waals surface area (Å²) in [5, 5.41) is 0. The quantitative estimate of drug-likeness (QED) is 0.648. The molecule has 0 aromatic carbocycles. The molecule has 0 bridgehead atoms. The molecule has 0 saturated heterocycles. The molecule has 1 heterocycles. The van der Waals surface area contributed by atoms with Crippen molar-refractivity contribution in [3.8, 4) is 0 Å². The third-order valence-electron chi connectivity index (χ3n) is 2.30. The molecule has 2 nitrogen and oxygen atoms in total. The first kappa shape index (κ1) is 11.7. The SMILES string of the molecule is CCCCC[C@H](N)c1ccc(Br)nc1. The lowest BCUT2D eigenvalue weighted by Gasteiger charge is -2.10. The van der Waals surface area contributed by atoms with Crippen LogP contribution in [0.1, 0.15) is 44.2 Å². The van der Waals surface area contributed by atoms with Crippen molar-refractivity contribution < 1.29 is 0 Å². The van der Waals surface area contributed by atoms with Crippen LogP contribution in [0.25, 0.3) is 0 Å². The fourth-order valence-corrected chi connectivity index (χ4v) is 1.62. The molecule has 0 amide bonds. The van der Waals surface area contributed by atoms with Crippen LogP contribution < -0.4 is 5.73 Å². The maximum atomic E-state index is 6.03. The number of halogens is 1. The van der Waals surface area contributed by atoms with Gasteiger partial charge in [0.1, 0.15) is 4.60 Å². The zero-order valence-electron chi connectivity index (χ0n) is 8.54. The Morgan fingerprint density at radius 2 is 2.21 bits per heavy atom. The van der Waals surface area contributed by atoms with E-state index < -0.39 is 0 Å². The number of nitrogens with zero attached hydrogens (tertiary/aromatic N) is 1. The second-order valence-corrected chi connectivity index (χ2v) is 4.33. The predicted molar refractivity (Wildman–Crippen MR) is 63.0 cm³/mol. The Morgan fingerprint density at radius 3 is 2.79 bits per heavy atom. The molecule has 2 N–H and O–H groups in total. The molecule has 0 radical (unpaired) electrons. The highest BCUT2D eigenvalue weighted by atomic mass is 79.9. The number of hydrogen-bond acceptors (Lipinski definition) is 2. The molecule has 14 heavy (non-hydrogen) atoms. The Bertz CT molecular complexity index is 258. The first-order valence-electron chi connectivity index (χ1n) is 5.11. The zero-order chi connectivity index (χ0) is 10.4. The number of rotatable bonds is 5. The van der Waals surface area contributed by atoms with Crippen molar-refractivity contribution in [3.05, 3.63) is 28.5 Å². The second kappa shape index (κ2) is 6.14. The van der Waals surface area contributed by atoms with E-state index in [1.807, 2.05) is 18.3 Å². The summed E-state index contributed by atoms with van der Waals surface area (Å²) >= 11 is 3.31. The smallest absolute Gasteiger partial charge is 0.106 e. The van der Waals surface area contributed by atoms with Crippen LogP contribution in [-0.2, 0) is 0 Å². The van der Waals surface area contributed by atoms with Gasteiger partial charge in [-0.3, -0.25) is 0 Å². The summed E-state index contributed by atoms with van der Waals surface area (Å²) in [7, 11) is 0. The highest BCUT2D eigenvalue weighted by molar-refractivity contribution is 9.10. The van der Waals surface area contributed by atoms with Crippen LogP contribution in [0.15, 0.2) is 22.9 Å². The molecule has 0 aliphatic heterocycles. The van der Waals surface area contributed by atoms with Crippen LogP contribution in [0.3, 0.4) is 0 Å². The average Bonchev–Trinajstić information content (AvgIpc) is 2.19. The lowest BCUT2D eigenvalue weighted by atomic mass is 10.0. The number of unbranched alkanes of at least 4 members (excludes halogenated alkanes) is 2. The molecule has 3 heteroatoms. The van der Waals surface area contributed by atoms with E-state index in [0.29, 0.717) is 0 Å². The summed E-state index contributed by atoms with van der Waals surface area (Å²) in [5.74, 6) is 0. The predicted octanol–water partition coefficient (Wildman–Crippen LogP) is 3.42. The Morgan fingerprint density at radius 1 is 1.43 bits per heavy atom. The molecule has 78 valence electrons. The molecule has 0 unspecified atom stereocenters. The second-order valence-electron chi connectivity index (χ2n) is 3.52. The normalized spacial score (nSPS) is 12.8. The minimum absolute atomic E-state index is 0.141. The first-order valence-corrected chi connectivity index (χ1v) is 5.90. The number of pyridine rings is 1. The molecular formula is C11H17BrN2. The van der Waals surface area contributed by atoms with Gasteiger partial charge in [0.15, 0.2) is 0 Å². The summed E-state index contributed by atoms with van der Waals surface area (Å²) < 4.78 is 0.863. The number of hydrogen-bond donors (Lipinski definition) is 1. The highest BCUT2D eigenvalue weighted by Crippen LogP contribution is 2.17. The Labute approximate surface area is 94.0 Å². The molecule has 1 aromatic rings. The average molecular weight is 257 g/mol. The van der Waals surface area contributed by atoms with E-state index >= 15 is 0 Å². The third-order valence-corrected chi connectivity index (χ3v) is 2.77. The van der Waals surface area contributed by atoms with E-state index in [4.69, 9.17) is 5.73 Å². The van der Waals surface area contributed by atoms with Crippen molar-refractivity contribution >= 4 is 15.9 Å². The Kier molecular flexibility index (Phi) is 5.12. The summed E-state index contributed by atoms with van der Waals surface area (Å²) in [5.41, 5.74) is 7.16. The minimum atomic E-state index is 0.141. The van der Waals surface area contributed by atoms with Crippen molar-refractivity contribution in [1.29, 1.82) is 0 Å². The lowest BCUT2D eigenvalue weighted by Crippen LogP contribution is -2.10.